The van der Waals surface area contributed by atoms with Crippen molar-refractivity contribution in [2.75, 3.05) is 5.32 Å². The molecule has 0 radical (unpaired) electrons. The normalized spacial score (nSPS) is 10.2. The van der Waals surface area contributed by atoms with E-state index in [1.54, 1.807) is 18.2 Å². The van der Waals surface area contributed by atoms with Crippen molar-refractivity contribution in [3.8, 4) is 11.5 Å². The Labute approximate surface area is 115 Å². The molecule has 4 nitrogen and oxygen atoms in total. The van der Waals surface area contributed by atoms with Crippen molar-refractivity contribution in [2.45, 2.75) is 5.88 Å². The van der Waals surface area contributed by atoms with Crippen LogP contribution in [0, 0.1) is 0 Å². The van der Waals surface area contributed by atoms with Gasteiger partial charge in [0.15, 0.2) is 0 Å². The first-order chi connectivity index (χ1) is 9.10. The topological polar surface area (TPSA) is 69.6 Å². The zero-order chi connectivity index (χ0) is 13.8. The third-order valence-electron chi connectivity index (χ3n) is 2.57. The summed E-state index contributed by atoms with van der Waals surface area (Å²) in [6, 6.07) is 10.9. The van der Waals surface area contributed by atoms with E-state index in [1.165, 1.54) is 12.1 Å². The maximum absolute atomic E-state index is 12.0. The highest BCUT2D eigenvalue weighted by Gasteiger charge is 2.11. The van der Waals surface area contributed by atoms with Crippen LogP contribution in [0.5, 0.6) is 11.5 Å². The molecule has 0 aliphatic heterocycles. The molecule has 2 aromatic carbocycles. The molecule has 3 N–H and O–H groups in total. The van der Waals surface area contributed by atoms with Gasteiger partial charge >= 0.3 is 0 Å². The highest BCUT2D eigenvalue weighted by molar-refractivity contribution is 6.17. The van der Waals surface area contributed by atoms with Gasteiger partial charge in [0, 0.05) is 17.6 Å². The van der Waals surface area contributed by atoms with E-state index in [-0.39, 0.29) is 17.1 Å². The third-order valence-corrected chi connectivity index (χ3v) is 2.87. The van der Waals surface area contributed by atoms with Crippen LogP contribution in [0.3, 0.4) is 0 Å². The summed E-state index contributed by atoms with van der Waals surface area (Å²) in [6.07, 6.45) is 0. The number of phenolic OH excluding ortho intramolecular Hbond substituents is 2. The molecule has 98 valence electrons. The quantitative estimate of drug-likeness (QED) is 0.755. The first-order valence-corrected chi connectivity index (χ1v) is 6.12. The number of carbonyl (C=O) groups excluding carboxylic acids is 1. The summed E-state index contributed by atoms with van der Waals surface area (Å²) in [6.45, 7) is 0. The monoisotopic (exact) mass is 277 g/mol. The Hall–Kier alpha value is -2.20. The highest BCUT2D eigenvalue weighted by atomic mass is 35.5. The van der Waals surface area contributed by atoms with Crippen LogP contribution in [0.1, 0.15) is 15.9 Å². The Kier molecular flexibility index (Phi) is 3.92. The number of carbonyl (C=O) groups is 1. The van der Waals surface area contributed by atoms with Crippen LogP contribution in [0.2, 0.25) is 0 Å². The van der Waals surface area contributed by atoms with Gasteiger partial charge in [-0.2, -0.15) is 0 Å². The molecule has 0 aromatic heterocycles. The number of nitrogens with one attached hydrogen (secondary N) is 1. The van der Waals surface area contributed by atoms with Crippen LogP contribution in [0.25, 0.3) is 0 Å². The lowest BCUT2D eigenvalue weighted by atomic mass is 10.1. The number of anilines is 1. The molecular formula is C14H12ClNO3. The molecule has 19 heavy (non-hydrogen) atoms. The minimum absolute atomic E-state index is 0.0917. The van der Waals surface area contributed by atoms with Crippen molar-refractivity contribution in [3.63, 3.8) is 0 Å². The van der Waals surface area contributed by atoms with Crippen LogP contribution in [-0.4, -0.2) is 16.1 Å². The minimum atomic E-state index is -0.454. The molecule has 0 heterocycles. The van der Waals surface area contributed by atoms with Crippen LogP contribution in [0.15, 0.2) is 42.5 Å². The van der Waals surface area contributed by atoms with Gasteiger partial charge in [-0.05, 0) is 29.8 Å². The number of rotatable bonds is 3. The van der Waals surface area contributed by atoms with E-state index in [4.69, 9.17) is 11.6 Å². The van der Waals surface area contributed by atoms with Gasteiger partial charge in [-0.15, -0.1) is 11.6 Å². The molecule has 5 heteroatoms. The summed E-state index contributed by atoms with van der Waals surface area (Å²) in [4.78, 5) is 12.0. The Bertz CT molecular complexity index is 613. The van der Waals surface area contributed by atoms with E-state index in [1.807, 2.05) is 6.07 Å². The van der Waals surface area contributed by atoms with E-state index in [0.29, 0.717) is 11.6 Å². The second-order valence-corrected chi connectivity index (χ2v) is 4.26. The van der Waals surface area contributed by atoms with Gasteiger partial charge in [-0.25, -0.2) is 0 Å². The summed E-state index contributed by atoms with van der Waals surface area (Å²) in [5.41, 5.74) is 1.57. The SMILES string of the molecule is O=C(Nc1cccc(CCl)c1)c1ccc(O)cc1O. The van der Waals surface area contributed by atoms with E-state index in [9.17, 15) is 15.0 Å². The second kappa shape index (κ2) is 5.63. The largest absolute Gasteiger partial charge is 0.508 e. The number of aromatic hydroxyl groups is 2. The predicted octanol–water partition coefficient (Wildman–Crippen LogP) is 3.09. The average molecular weight is 278 g/mol. The van der Waals surface area contributed by atoms with Crippen LogP contribution in [-0.2, 0) is 5.88 Å². The Morgan fingerprint density at radius 2 is 1.95 bits per heavy atom. The number of amides is 1. The Balaban J connectivity index is 2.20. The number of halogens is 1. The first-order valence-electron chi connectivity index (χ1n) is 5.58. The standard InChI is InChI=1S/C14H12ClNO3/c15-8-9-2-1-3-10(6-9)16-14(19)12-5-4-11(17)7-13(12)18/h1-7,17-18H,8H2,(H,16,19). The molecule has 0 saturated heterocycles. The highest BCUT2D eigenvalue weighted by Crippen LogP contribution is 2.23. The average Bonchev–Trinajstić information content (AvgIpc) is 2.38. The summed E-state index contributed by atoms with van der Waals surface area (Å²) < 4.78 is 0. The van der Waals surface area contributed by atoms with Crippen molar-refractivity contribution >= 4 is 23.2 Å². The zero-order valence-corrected chi connectivity index (χ0v) is 10.7. The second-order valence-electron chi connectivity index (χ2n) is 3.99. The van der Waals surface area contributed by atoms with E-state index in [2.05, 4.69) is 5.32 Å². The lowest BCUT2D eigenvalue weighted by Crippen LogP contribution is -2.12. The van der Waals surface area contributed by atoms with Gasteiger partial charge in [-0.3, -0.25) is 4.79 Å². The van der Waals surface area contributed by atoms with Gasteiger partial charge in [-0.1, -0.05) is 12.1 Å². The van der Waals surface area contributed by atoms with Gasteiger partial charge in [0.05, 0.1) is 5.56 Å². The smallest absolute Gasteiger partial charge is 0.259 e. The van der Waals surface area contributed by atoms with E-state index >= 15 is 0 Å². The van der Waals surface area contributed by atoms with Crippen LogP contribution < -0.4 is 5.32 Å². The molecule has 0 atom stereocenters. The fourth-order valence-electron chi connectivity index (χ4n) is 1.64. The summed E-state index contributed by atoms with van der Waals surface area (Å²) >= 11 is 5.71. The summed E-state index contributed by atoms with van der Waals surface area (Å²) in [7, 11) is 0. The van der Waals surface area contributed by atoms with Gasteiger partial charge in [0.25, 0.3) is 5.91 Å². The minimum Gasteiger partial charge on any atom is -0.508 e. The molecule has 2 aromatic rings. The Morgan fingerprint density at radius 1 is 1.16 bits per heavy atom. The molecule has 0 saturated carbocycles. The van der Waals surface area contributed by atoms with Crippen molar-refractivity contribution < 1.29 is 15.0 Å². The first kappa shape index (κ1) is 13.2. The van der Waals surface area contributed by atoms with Crippen molar-refractivity contribution in [3.05, 3.63) is 53.6 Å². The predicted molar refractivity (Wildman–Crippen MR) is 73.7 cm³/mol. The van der Waals surface area contributed by atoms with Gasteiger partial charge in [0.2, 0.25) is 0 Å². The van der Waals surface area contributed by atoms with Gasteiger partial charge in [0.1, 0.15) is 11.5 Å². The maximum Gasteiger partial charge on any atom is 0.259 e. The zero-order valence-electron chi connectivity index (χ0n) is 9.93. The fourth-order valence-corrected chi connectivity index (χ4v) is 1.81. The molecule has 0 fully saturated rings. The molecule has 0 bridgehead atoms. The number of alkyl halides is 1. The molecule has 0 unspecified atom stereocenters. The van der Waals surface area contributed by atoms with Gasteiger partial charge < -0.3 is 15.5 Å². The Morgan fingerprint density at radius 3 is 2.63 bits per heavy atom. The molecule has 0 spiro atoms. The number of hydrogen-bond acceptors (Lipinski definition) is 3. The van der Waals surface area contributed by atoms with Crippen LogP contribution >= 0.6 is 11.6 Å². The molecule has 1 amide bonds. The van der Waals surface area contributed by atoms with Crippen molar-refractivity contribution in [1.29, 1.82) is 0 Å². The van der Waals surface area contributed by atoms with Crippen molar-refractivity contribution in [1.82, 2.24) is 0 Å². The summed E-state index contributed by atoms with van der Waals surface area (Å²) in [5.74, 6) is -0.470. The van der Waals surface area contributed by atoms with Crippen molar-refractivity contribution in [2.24, 2.45) is 0 Å². The number of phenols is 2. The maximum atomic E-state index is 12.0. The number of benzene rings is 2. The fraction of sp³-hybridized carbons (Fsp3) is 0.0714. The molecular weight excluding hydrogens is 266 g/mol. The third kappa shape index (κ3) is 3.17. The number of hydrogen-bond donors (Lipinski definition) is 3. The van der Waals surface area contributed by atoms with Crippen LogP contribution in [0.4, 0.5) is 5.69 Å². The lowest BCUT2D eigenvalue weighted by Gasteiger charge is -2.08. The van der Waals surface area contributed by atoms with E-state index < -0.39 is 5.91 Å². The molecule has 2 rings (SSSR count). The van der Waals surface area contributed by atoms with E-state index in [0.717, 1.165) is 11.6 Å². The molecule has 0 aliphatic rings. The summed E-state index contributed by atoms with van der Waals surface area (Å²) in [5, 5.41) is 21.4. The lowest BCUT2D eigenvalue weighted by molar-refractivity contribution is 0.102. The molecule has 0 aliphatic carbocycles.